The fraction of sp³-hybridized carbons (Fsp3) is 0.111. The van der Waals surface area contributed by atoms with Crippen LogP contribution in [-0.4, -0.2) is 20.2 Å². The van der Waals surface area contributed by atoms with E-state index in [-0.39, 0.29) is 33.3 Å². The summed E-state index contributed by atoms with van der Waals surface area (Å²) >= 11 is 6.20. The van der Waals surface area contributed by atoms with Gasteiger partial charge in [0.2, 0.25) is 0 Å². The Bertz CT molecular complexity index is 1570. The molecule has 1 aromatic heterocycles. The first-order valence-electron chi connectivity index (χ1n) is 11.2. The van der Waals surface area contributed by atoms with Crippen molar-refractivity contribution in [2.75, 3.05) is 10.0 Å². The number of benzene rings is 3. The average molecular weight is 538 g/mol. The lowest BCUT2D eigenvalue weighted by Crippen LogP contribution is -2.24. The van der Waals surface area contributed by atoms with Crippen LogP contribution in [-0.2, 0) is 16.6 Å². The first-order valence-corrected chi connectivity index (χ1v) is 13.1. The molecule has 0 spiro atoms. The van der Waals surface area contributed by atoms with E-state index >= 15 is 0 Å². The van der Waals surface area contributed by atoms with Crippen molar-refractivity contribution in [2.24, 2.45) is 0 Å². The molecule has 4 aromatic rings. The predicted octanol–water partition coefficient (Wildman–Crippen LogP) is 5.53. The summed E-state index contributed by atoms with van der Waals surface area (Å²) < 4.78 is 33.9. The summed E-state index contributed by atoms with van der Waals surface area (Å²) in [6.07, 6.45) is 1.51. The number of para-hydroxylation sites is 1. The third kappa shape index (κ3) is 6.19. The maximum absolute atomic E-state index is 13.1. The van der Waals surface area contributed by atoms with Gasteiger partial charge >= 0.3 is 0 Å². The SMILES string of the molecule is Cc1ccc(NS(=O)(=O)c2cc(C(=O)Nc3ccccc3C(=O)NCc3ccco3)ccc2Cl)cc1C. The number of carbonyl (C=O) groups is 2. The molecule has 4 rings (SSSR count). The zero-order valence-electron chi connectivity index (χ0n) is 20.0. The molecule has 0 bridgehead atoms. The van der Waals surface area contributed by atoms with Crippen LogP contribution in [0.4, 0.5) is 11.4 Å². The highest BCUT2D eigenvalue weighted by atomic mass is 35.5. The maximum Gasteiger partial charge on any atom is 0.263 e. The van der Waals surface area contributed by atoms with Crippen LogP contribution < -0.4 is 15.4 Å². The van der Waals surface area contributed by atoms with Gasteiger partial charge in [0.1, 0.15) is 10.7 Å². The van der Waals surface area contributed by atoms with Crippen LogP contribution in [0.3, 0.4) is 0 Å². The number of furan rings is 1. The first-order chi connectivity index (χ1) is 17.6. The molecule has 10 heteroatoms. The topological polar surface area (TPSA) is 118 Å². The number of halogens is 1. The van der Waals surface area contributed by atoms with Crippen LogP contribution in [0.2, 0.25) is 5.02 Å². The molecular formula is C27H24ClN3O5S. The van der Waals surface area contributed by atoms with Crippen molar-refractivity contribution in [3.8, 4) is 0 Å². The summed E-state index contributed by atoms with van der Waals surface area (Å²) in [6.45, 7) is 3.98. The van der Waals surface area contributed by atoms with Gasteiger partial charge in [0.15, 0.2) is 0 Å². The van der Waals surface area contributed by atoms with Gasteiger partial charge in [0.05, 0.1) is 29.1 Å². The first kappa shape index (κ1) is 26.0. The van der Waals surface area contributed by atoms with E-state index in [1.165, 1.54) is 24.5 Å². The lowest BCUT2D eigenvalue weighted by molar-refractivity contribution is 0.0949. The van der Waals surface area contributed by atoms with E-state index in [0.29, 0.717) is 11.4 Å². The number of sulfonamides is 1. The Morgan fingerprint density at radius 1 is 0.892 bits per heavy atom. The van der Waals surface area contributed by atoms with E-state index < -0.39 is 21.8 Å². The third-order valence-electron chi connectivity index (χ3n) is 5.67. The lowest BCUT2D eigenvalue weighted by atomic mass is 10.1. The lowest BCUT2D eigenvalue weighted by Gasteiger charge is -2.13. The van der Waals surface area contributed by atoms with Crippen molar-refractivity contribution in [3.05, 3.63) is 112 Å². The van der Waals surface area contributed by atoms with Gasteiger partial charge in [-0.15, -0.1) is 0 Å². The minimum atomic E-state index is -4.09. The van der Waals surface area contributed by atoms with E-state index in [0.717, 1.165) is 11.1 Å². The molecule has 8 nitrogen and oxygen atoms in total. The third-order valence-corrected chi connectivity index (χ3v) is 7.53. The number of rotatable bonds is 8. The molecule has 3 N–H and O–H groups in total. The molecule has 0 atom stereocenters. The number of hydrogen-bond donors (Lipinski definition) is 3. The van der Waals surface area contributed by atoms with Crippen LogP contribution in [0.25, 0.3) is 0 Å². The molecule has 0 radical (unpaired) electrons. The number of hydrogen-bond acceptors (Lipinski definition) is 5. The Balaban J connectivity index is 1.54. The highest BCUT2D eigenvalue weighted by molar-refractivity contribution is 7.92. The van der Waals surface area contributed by atoms with Gasteiger partial charge in [-0.05, 0) is 79.6 Å². The minimum absolute atomic E-state index is 0.0365. The summed E-state index contributed by atoms with van der Waals surface area (Å²) in [6, 6.07) is 19.0. The summed E-state index contributed by atoms with van der Waals surface area (Å²) in [5.74, 6) is -0.436. The second-order valence-electron chi connectivity index (χ2n) is 8.31. The van der Waals surface area contributed by atoms with E-state index in [1.807, 2.05) is 13.8 Å². The zero-order chi connectivity index (χ0) is 26.6. The van der Waals surface area contributed by atoms with Gasteiger partial charge in [-0.25, -0.2) is 8.42 Å². The zero-order valence-corrected chi connectivity index (χ0v) is 21.6. The Morgan fingerprint density at radius 3 is 2.41 bits per heavy atom. The maximum atomic E-state index is 13.1. The van der Waals surface area contributed by atoms with Gasteiger partial charge in [-0.3, -0.25) is 14.3 Å². The molecule has 0 aliphatic heterocycles. The Kier molecular flexibility index (Phi) is 7.66. The summed E-state index contributed by atoms with van der Waals surface area (Å²) in [5, 5.41) is 5.38. The normalized spacial score (nSPS) is 11.1. The molecule has 3 aromatic carbocycles. The fourth-order valence-corrected chi connectivity index (χ4v) is 5.10. The average Bonchev–Trinajstić information content (AvgIpc) is 3.39. The van der Waals surface area contributed by atoms with Gasteiger partial charge in [0, 0.05) is 11.3 Å². The molecule has 2 amide bonds. The largest absolute Gasteiger partial charge is 0.467 e. The van der Waals surface area contributed by atoms with E-state index in [4.69, 9.17) is 16.0 Å². The van der Waals surface area contributed by atoms with E-state index in [2.05, 4.69) is 15.4 Å². The van der Waals surface area contributed by atoms with Crippen LogP contribution >= 0.6 is 11.6 Å². The molecule has 0 unspecified atom stereocenters. The number of carbonyl (C=O) groups excluding carboxylic acids is 2. The van der Waals surface area contributed by atoms with E-state index in [9.17, 15) is 18.0 Å². The molecule has 0 saturated heterocycles. The minimum Gasteiger partial charge on any atom is -0.467 e. The number of nitrogens with one attached hydrogen (secondary N) is 3. The molecule has 0 aliphatic rings. The number of aryl methyl sites for hydroxylation is 2. The second kappa shape index (κ2) is 10.9. The number of amides is 2. The van der Waals surface area contributed by atoms with Crippen LogP contribution in [0.1, 0.15) is 37.6 Å². The highest BCUT2D eigenvalue weighted by Crippen LogP contribution is 2.27. The van der Waals surface area contributed by atoms with Gasteiger partial charge in [-0.2, -0.15) is 0 Å². The summed E-state index contributed by atoms with van der Waals surface area (Å²) in [5.41, 5.74) is 2.87. The smallest absolute Gasteiger partial charge is 0.263 e. The summed E-state index contributed by atoms with van der Waals surface area (Å²) in [7, 11) is -4.09. The standard InChI is InChI=1S/C27H24ClN3O5S/c1-17-9-11-20(14-18(17)2)31-37(34,35)25-15-19(10-12-23(25)28)26(32)30-24-8-4-3-7-22(24)27(33)29-16-21-6-5-13-36-21/h3-15,31H,16H2,1-2H3,(H,29,33)(H,30,32). The molecule has 1 heterocycles. The van der Waals surface area contributed by atoms with Crippen LogP contribution in [0.5, 0.6) is 0 Å². The van der Waals surface area contributed by atoms with Gasteiger partial charge < -0.3 is 15.1 Å². The van der Waals surface area contributed by atoms with E-state index in [1.54, 1.807) is 54.6 Å². The van der Waals surface area contributed by atoms with Crippen LogP contribution in [0, 0.1) is 13.8 Å². The van der Waals surface area contributed by atoms with Crippen molar-refractivity contribution in [3.63, 3.8) is 0 Å². The monoisotopic (exact) mass is 537 g/mol. The molecule has 190 valence electrons. The van der Waals surface area contributed by atoms with Crippen molar-refractivity contribution in [1.29, 1.82) is 0 Å². The Morgan fingerprint density at radius 2 is 1.68 bits per heavy atom. The molecule has 0 saturated carbocycles. The Hall–Kier alpha value is -4.08. The van der Waals surface area contributed by atoms with Crippen molar-refractivity contribution >= 4 is 44.8 Å². The molecule has 0 aliphatic carbocycles. The molecule has 37 heavy (non-hydrogen) atoms. The predicted molar refractivity (Wildman–Crippen MR) is 142 cm³/mol. The highest BCUT2D eigenvalue weighted by Gasteiger charge is 2.22. The molecule has 0 fully saturated rings. The van der Waals surface area contributed by atoms with Crippen LogP contribution in [0.15, 0.2) is 88.4 Å². The van der Waals surface area contributed by atoms with Crippen molar-refractivity contribution < 1.29 is 22.4 Å². The van der Waals surface area contributed by atoms with Crippen molar-refractivity contribution in [1.82, 2.24) is 5.32 Å². The Labute approximate surface area is 219 Å². The molecular weight excluding hydrogens is 514 g/mol. The number of anilines is 2. The fourth-order valence-electron chi connectivity index (χ4n) is 3.53. The van der Waals surface area contributed by atoms with Crippen molar-refractivity contribution in [2.45, 2.75) is 25.3 Å². The second-order valence-corrected chi connectivity index (χ2v) is 10.4. The quantitative estimate of drug-likeness (QED) is 0.273. The summed E-state index contributed by atoms with van der Waals surface area (Å²) in [4.78, 5) is 25.5. The van der Waals surface area contributed by atoms with Gasteiger partial charge in [-0.1, -0.05) is 29.8 Å². The van der Waals surface area contributed by atoms with Gasteiger partial charge in [0.25, 0.3) is 21.8 Å².